The van der Waals surface area contributed by atoms with E-state index in [4.69, 9.17) is 5.26 Å². The monoisotopic (exact) mass is 201 g/mol. The SMILES string of the molecule is CC(C)c1cc(C(C)(C)C)ccc1C#N. The first-order valence-corrected chi connectivity index (χ1v) is 5.41. The Labute approximate surface area is 92.7 Å². The smallest absolute Gasteiger partial charge is 0.0994 e. The van der Waals surface area contributed by atoms with E-state index in [9.17, 15) is 0 Å². The fourth-order valence-electron chi connectivity index (χ4n) is 1.61. The van der Waals surface area contributed by atoms with Crippen molar-refractivity contribution in [3.05, 3.63) is 34.9 Å². The first kappa shape index (κ1) is 11.8. The lowest BCUT2D eigenvalue weighted by Crippen LogP contribution is -2.12. The molecular formula is C14H19N. The predicted molar refractivity (Wildman–Crippen MR) is 63.9 cm³/mol. The van der Waals surface area contributed by atoms with Crippen LogP contribution < -0.4 is 0 Å². The molecule has 0 bridgehead atoms. The second-order valence-electron chi connectivity index (χ2n) is 5.32. The van der Waals surface area contributed by atoms with E-state index < -0.39 is 0 Å². The van der Waals surface area contributed by atoms with Gasteiger partial charge in [0.15, 0.2) is 0 Å². The molecule has 1 rings (SSSR count). The number of hydrogen-bond donors (Lipinski definition) is 0. The Hall–Kier alpha value is -1.29. The maximum atomic E-state index is 9.01. The Balaban J connectivity index is 3.30. The molecule has 0 N–H and O–H groups in total. The van der Waals surface area contributed by atoms with Gasteiger partial charge < -0.3 is 0 Å². The molecule has 0 saturated carbocycles. The average Bonchev–Trinajstić information content (AvgIpc) is 2.15. The van der Waals surface area contributed by atoms with Gasteiger partial charge in [0.2, 0.25) is 0 Å². The highest BCUT2D eigenvalue weighted by atomic mass is 14.3. The van der Waals surface area contributed by atoms with Gasteiger partial charge in [-0.1, -0.05) is 46.8 Å². The minimum atomic E-state index is 0.150. The van der Waals surface area contributed by atoms with Crippen molar-refractivity contribution in [1.82, 2.24) is 0 Å². The van der Waals surface area contributed by atoms with Gasteiger partial charge >= 0.3 is 0 Å². The summed E-state index contributed by atoms with van der Waals surface area (Å²) in [4.78, 5) is 0. The molecule has 0 unspecified atom stereocenters. The molecule has 0 radical (unpaired) electrons. The zero-order valence-corrected chi connectivity index (χ0v) is 10.3. The van der Waals surface area contributed by atoms with Gasteiger partial charge in [0.25, 0.3) is 0 Å². The summed E-state index contributed by atoms with van der Waals surface area (Å²) >= 11 is 0. The van der Waals surface area contributed by atoms with Crippen molar-refractivity contribution in [2.24, 2.45) is 0 Å². The summed E-state index contributed by atoms with van der Waals surface area (Å²) in [5.41, 5.74) is 3.41. The lowest BCUT2D eigenvalue weighted by molar-refractivity contribution is 0.588. The quantitative estimate of drug-likeness (QED) is 0.674. The third-order valence-electron chi connectivity index (χ3n) is 2.66. The highest BCUT2D eigenvalue weighted by Gasteiger charge is 2.16. The van der Waals surface area contributed by atoms with Crippen molar-refractivity contribution in [2.75, 3.05) is 0 Å². The molecule has 0 spiro atoms. The third kappa shape index (κ3) is 2.59. The van der Waals surface area contributed by atoms with Crippen molar-refractivity contribution in [3.63, 3.8) is 0 Å². The van der Waals surface area contributed by atoms with Crippen LogP contribution in [0.3, 0.4) is 0 Å². The maximum Gasteiger partial charge on any atom is 0.0994 e. The molecule has 80 valence electrons. The Bertz CT molecular complexity index is 389. The van der Waals surface area contributed by atoms with Crippen LogP contribution in [-0.2, 0) is 5.41 Å². The molecule has 0 fully saturated rings. The average molecular weight is 201 g/mol. The lowest BCUT2D eigenvalue weighted by atomic mass is 9.83. The largest absolute Gasteiger partial charge is 0.192 e. The maximum absolute atomic E-state index is 9.01. The highest BCUT2D eigenvalue weighted by Crippen LogP contribution is 2.27. The normalized spacial score (nSPS) is 11.5. The van der Waals surface area contributed by atoms with E-state index >= 15 is 0 Å². The van der Waals surface area contributed by atoms with E-state index in [-0.39, 0.29) is 5.41 Å². The molecule has 1 aromatic rings. The van der Waals surface area contributed by atoms with Crippen LogP contribution >= 0.6 is 0 Å². The summed E-state index contributed by atoms with van der Waals surface area (Å²) in [5, 5.41) is 9.01. The Kier molecular flexibility index (Phi) is 3.19. The van der Waals surface area contributed by atoms with Crippen molar-refractivity contribution in [1.29, 1.82) is 5.26 Å². The molecule has 0 aliphatic rings. The van der Waals surface area contributed by atoms with Gasteiger partial charge in [0.05, 0.1) is 11.6 Å². The van der Waals surface area contributed by atoms with Crippen molar-refractivity contribution in [3.8, 4) is 6.07 Å². The Morgan fingerprint density at radius 3 is 2.20 bits per heavy atom. The highest BCUT2D eigenvalue weighted by molar-refractivity contribution is 5.43. The van der Waals surface area contributed by atoms with Crippen LogP contribution in [0.1, 0.15) is 57.2 Å². The molecule has 0 atom stereocenters. The van der Waals surface area contributed by atoms with Crippen molar-refractivity contribution in [2.45, 2.75) is 46.0 Å². The van der Waals surface area contributed by atoms with E-state index in [2.05, 4.69) is 52.8 Å². The molecule has 0 heterocycles. The van der Waals surface area contributed by atoms with Crippen LogP contribution in [-0.4, -0.2) is 0 Å². The molecule has 0 aromatic heterocycles. The number of nitrogens with zero attached hydrogens (tertiary/aromatic N) is 1. The van der Waals surface area contributed by atoms with Gasteiger partial charge in [0, 0.05) is 0 Å². The number of rotatable bonds is 1. The van der Waals surface area contributed by atoms with Crippen LogP contribution in [0.2, 0.25) is 0 Å². The summed E-state index contributed by atoms with van der Waals surface area (Å²) in [6, 6.07) is 8.43. The first-order valence-electron chi connectivity index (χ1n) is 5.41. The van der Waals surface area contributed by atoms with Crippen molar-refractivity contribution >= 4 is 0 Å². The predicted octanol–water partition coefficient (Wildman–Crippen LogP) is 3.98. The molecule has 1 heteroatoms. The van der Waals surface area contributed by atoms with Gasteiger partial charge in [-0.25, -0.2) is 0 Å². The van der Waals surface area contributed by atoms with Crippen LogP contribution in [0.5, 0.6) is 0 Å². The standard InChI is InChI=1S/C14H19N/c1-10(2)13-8-12(14(3,4)5)7-6-11(13)9-15/h6-8,10H,1-5H3. The minimum absolute atomic E-state index is 0.150. The van der Waals surface area contributed by atoms with E-state index in [0.717, 1.165) is 11.1 Å². The molecule has 1 aromatic carbocycles. The fraction of sp³-hybridized carbons (Fsp3) is 0.500. The van der Waals surface area contributed by atoms with E-state index in [1.54, 1.807) is 0 Å². The zero-order valence-electron chi connectivity index (χ0n) is 10.3. The van der Waals surface area contributed by atoms with E-state index in [0.29, 0.717) is 5.92 Å². The second-order valence-corrected chi connectivity index (χ2v) is 5.32. The number of benzene rings is 1. The van der Waals surface area contributed by atoms with Gasteiger partial charge in [-0.2, -0.15) is 5.26 Å². The van der Waals surface area contributed by atoms with E-state index in [1.165, 1.54) is 5.56 Å². The summed E-state index contributed by atoms with van der Waals surface area (Å²) in [6.45, 7) is 10.8. The summed E-state index contributed by atoms with van der Waals surface area (Å²) < 4.78 is 0. The van der Waals surface area contributed by atoms with Crippen LogP contribution in [0.25, 0.3) is 0 Å². The van der Waals surface area contributed by atoms with Crippen LogP contribution in [0, 0.1) is 11.3 Å². The summed E-state index contributed by atoms with van der Waals surface area (Å²) in [7, 11) is 0. The molecular weight excluding hydrogens is 182 g/mol. The summed E-state index contributed by atoms with van der Waals surface area (Å²) in [5.74, 6) is 0.405. The van der Waals surface area contributed by atoms with E-state index in [1.807, 2.05) is 6.07 Å². The molecule has 15 heavy (non-hydrogen) atoms. The van der Waals surface area contributed by atoms with Gasteiger partial charge in [-0.05, 0) is 28.5 Å². The van der Waals surface area contributed by atoms with Gasteiger partial charge in [-0.15, -0.1) is 0 Å². The topological polar surface area (TPSA) is 23.8 Å². The molecule has 0 aliphatic carbocycles. The molecule has 0 saturated heterocycles. The number of nitriles is 1. The van der Waals surface area contributed by atoms with Gasteiger partial charge in [-0.3, -0.25) is 0 Å². The molecule has 0 amide bonds. The fourth-order valence-corrected chi connectivity index (χ4v) is 1.61. The zero-order chi connectivity index (χ0) is 11.6. The van der Waals surface area contributed by atoms with Gasteiger partial charge in [0.1, 0.15) is 0 Å². The van der Waals surface area contributed by atoms with Crippen LogP contribution in [0.4, 0.5) is 0 Å². The Morgan fingerprint density at radius 1 is 1.20 bits per heavy atom. The molecule has 1 nitrogen and oxygen atoms in total. The Morgan fingerprint density at radius 2 is 1.80 bits per heavy atom. The first-order chi connectivity index (χ1) is 6.86. The van der Waals surface area contributed by atoms with Crippen LogP contribution in [0.15, 0.2) is 18.2 Å². The minimum Gasteiger partial charge on any atom is -0.192 e. The van der Waals surface area contributed by atoms with Crippen molar-refractivity contribution < 1.29 is 0 Å². The third-order valence-corrected chi connectivity index (χ3v) is 2.66. The summed E-state index contributed by atoms with van der Waals surface area (Å²) in [6.07, 6.45) is 0. The lowest BCUT2D eigenvalue weighted by Gasteiger charge is -2.21. The number of hydrogen-bond acceptors (Lipinski definition) is 1. The molecule has 0 aliphatic heterocycles. The second kappa shape index (κ2) is 4.06.